The standard InChI is InChI=1S/C24H20N2O/c1-18(19-10-4-2-5-11-19)26-22-15-9-8-14-21(22)25-24(26)17-16-23(27)20-12-6-3-7-13-20/h2-18H,1H3/b17-16+. The molecule has 4 rings (SSSR count). The molecule has 3 nitrogen and oxygen atoms in total. The van der Waals surface area contributed by atoms with Crippen LogP contribution in [0.3, 0.4) is 0 Å². The van der Waals surface area contributed by atoms with Crippen LogP contribution in [-0.2, 0) is 0 Å². The van der Waals surface area contributed by atoms with E-state index in [1.54, 1.807) is 6.08 Å². The molecular weight excluding hydrogens is 332 g/mol. The zero-order valence-electron chi connectivity index (χ0n) is 15.1. The summed E-state index contributed by atoms with van der Waals surface area (Å²) in [6.07, 6.45) is 3.42. The van der Waals surface area contributed by atoms with Crippen LogP contribution in [0.4, 0.5) is 0 Å². The van der Waals surface area contributed by atoms with Crippen molar-refractivity contribution in [3.63, 3.8) is 0 Å². The quantitative estimate of drug-likeness (QED) is 0.349. The zero-order valence-corrected chi connectivity index (χ0v) is 15.1. The van der Waals surface area contributed by atoms with Gasteiger partial charge < -0.3 is 4.57 Å². The number of nitrogens with zero attached hydrogens (tertiary/aromatic N) is 2. The van der Waals surface area contributed by atoms with Crippen LogP contribution in [-0.4, -0.2) is 15.3 Å². The van der Waals surface area contributed by atoms with Crippen molar-refractivity contribution in [2.45, 2.75) is 13.0 Å². The number of rotatable bonds is 5. The van der Waals surface area contributed by atoms with Crippen LogP contribution in [0.5, 0.6) is 0 Å². The lowest BCUT2D eigenvalue weighted by atomic mass is 10.1. The number of aromatic nitrogens is 2. The van der Waals surface area contributed by atoms with E-state index < -0.39 is 0 Å². The molecule has 1 aromatic heterocycles. The topological polar surface area (TPSA) is 34.9 Å². The average molecular weight is 352 g/mol. The van der Waals surface area contributed by atoms with Crippen molar-refractivity contribution in [1.29, 1.82) is 0 Å². The van der Waals surface area contributed by atoms with Gasteiger partial charge in [0.25, 0.3) is 0 Å². The Morgan fingerprint density at radius 2 is 1.52 bits per heavy atom. The van der Waals surface area contributed by atoms with E-state index in [0.717, 1.165) is 16.9 Å². The molecule has 27 heavy (non-hydrogen) atoms. The monoisotopic (exact) mass is 352 g/mol. The van der Waals surface area contributed by atoms with Crippen molar-refractivity contribution >= 4 is 22.9 Å². The van der Waals surface area contributed by atoms with Gasteiger partial charge in [0, 0.05) is 5.56 Å². The van der Waals surface area contributed by atoms with E-state index in [9.17, 15) is 4.79 Å². The lowest BCUT2D eigenvalue weighted by molar-refractivity contribution is 0.104. The molecule has 1 atom stereocenters. The molecule has 0 aliphatic carbocycles. The first-order chi connectivity index (χ1) is 13.2. The van der Waals surface area contributed by atoms with Crippen LogP contribution in [0.2, 0.25) is 0 Å². The van der Waals surface area contributed by atoms with Gasteiger partial charge in [-0.2, -0.15) is 0 Å². The van der Waals surface area contributed by atoms with Crippen LogP contribution in [0.25, 0.3) is 17.1 Å². The number of para-hydroxylation sites is 2. The van der Waals surface area contributed by atoms with Crippen LogP contribution in [0, 0.1) is 0 Å². The minimum atomic E-state index is -0.0263. The lowest BCUT2D eigenvalue weighted by Crippen LogP contribution is -2.08. The number of allylic oxidation sites excluding steroid dienone is 1. The third-order valence-corrected chi connectivity index (χ3v) is 4.73. The molecule has 0 aliphatic heterocycles. The van der Waals surface area contributed by atoms with Crippen LogP contribution >= 0.6 is 0 Å². The molecular formula is C24H20N2O. The minimum Gasteiger partial charge on any atom is -0.317 e. The summed E-state index contributed by atoms with van der Waals surface area (Å²) in [5.74, 6) is 0.749. The fourth-order valence-electron chi connectivity index (χ4n) is 3.32. The first kappa shape index (κ1) is 17.0. The molecule has 0 bridgehead atoms. The maximum absolute atomic E-state index is 12.5. The summed E-state index contributed by atoms with van der Waals surface area (Å²) in [6, 6.07) is 27.8. The van der Waals surface area contributed by atoms with Gasteiger partial charge in [-0.15, -0.1) is 0 Å². The Labute approximate surface area is 158 Å². The molecule has 132 valence electrons. The van der Waals surface area contributed by atoms with Gasteiger partial charge in [-0.25, -0.2) is 4.98 Å². The van der Waals surface area contributed by atoms with Gasteiger partial charge in [-0.05, 0) is 36.8 Å². The first-order valence-corrected chi connectivity index (χ1v) is 9.03. The smallest absolute Gasteiger partial charge is 0.185 e. The summed E-state index contributed by atoms with van der Waals surface area (Å²) in [7, 11) is 0. The molecule has 0 fully saturated rings. The maximum atomic E-state index is 12.5. The predicted octanol–water partition coefficient (Wildman–Crippen LogP) is 5.54. The molecule has 0 N–H and O–H groups in total. The van der Waals surface area contributed by atoms with E-state index in [1.165, 1.54) is 5.56 Å². The number of benzene rings is 3. The highest BCUT2D eigenvalue weighted by atomic mass is 16.1. The fourth-order valence-corrected chi connectivity index (χ4v) is 3.32. The second-order valence-corrected chi connectivity index (χ2v) is 6.48. The number of carbonyl (C=O) groups excluding carboxylic acids is 1. The first-order valence-electron chi connectivity index (χ1n) is 9.03. The van der Waals surface area contributed by atoms with E-state index in [-0.39, 0.29) is 11.8 Å². The number of imidazole rings is 1. The Hall–Kier alpha value is -3.46. The molecule has 4 aromatic rings. The number of hydrogen-bond acceptors (Lipinski definition) is 2. The highest BCUT2D eigenvalue weighted by Gasteiger charge is 2.15. The summed E-state index contributed by atoms with van der Waals surface area (Å²) in [4.78, 5) is 17.2. The van der Waals surface area contributed by atoms with E-state index in [4.69, 9.17) is 4.98 Å². The summed E-state index contributed by atoms with van der Waals surface area (Å²) < 4.78 is 2.18. The molecule has 3 aromatic carbocycles. The summed E-state index contributed by atoms with van der Waals surface area (Å²) in [5, 5.41) is 0. The SMILES string of the molecule is CC(c1ccccc1)n1c(/C=C/C(=O)c2ccccc2)nc2ccccc21. The maximum Gasteiger partial charge on any atom is 0.185 e. The largest absolute Gasteiger partial charge is 0.317 e. The number of ketones is 1. The van der Waals surface area contributed by atoms with Crippen molar-refractivity contribution in [2.75, 3.05) is 0 Å². The highest BCUT2D eigenvalue weighted by molar-refractivity contribution is 6.06. The number of carbonyl (C=O) groups is 1. The molecule has 0 amide bonds. The number of hydrogen-bond donors (Lipinski definition) is 0. The normalized spacial score (nSPS) is 12.5. The molecule has 0 aliphatic rings. The van der Waals surface area contributed by atoms with Gasteiger partial charge in [-0.3, -0.25) is 4.79 Å². The third-order valence-electron chi connectivity index (χ3n) is 4.73. The van der Waals surface area contributed by atoms with E-state index >= 15 is 0 Å². The minimum absolute atomic E-state index is 0.0263. The van der Waals surface area contributed by atoms with E-state index in [0.29, 0.717) is 5.56 Å². The Morgan fingerprint density at radius 3 is 2.26 bits per heavy atom. The number of fused-ring (bicyclic) bond motifs is 1. The second kappa shape index (κ2) is 7.42. The second-order valence-electron chi connectivity index (χ2n) is 6.48. The Kier molecular flexibility index (Phi) is 4.67. The van der Waals surface area contributed by atoms with Crippen molar-refractivity contribution in [3.8, 4) is 0 Å². The van der Waals surface area contributed by atoms with Crippen molar-refractivity contribution < 1.29 is 4.79 Å². The molecule has 1 unspecified atom stereocenters. The van der Waals surface area contributed by atoms with Crippen molar-refractivity contribution in [1.82, 2.24) is 9.55 Å². The summed E-state index contributed by atoms with van der Waals surface area (Å²) in [6.45, 7) is 2.15. The van der Waals surface area contributed by atoms with Crippen molar-refractivity contribution in [3.05, 3.63) is 108 Å². The van der Waals surface area contributed by atoms with Crippen molar-refractivity contribution in [2.24, 2.45) is 0 Å². The summed E-state index contributed by atoms with van der Waals surface area (Å²) >= 11 is 0. The van der Waals surface area contributed by atoms with E-state index in [1.807, 2.05) is 72.8 Å². The molecule has 0 saturated heterocycles. The third kappa shape index (κ3) is 3.44. The molecule has 0 radical (unpaired) electrons. The summed E-state index contributed by atoms with van der Waals surface area (Å²) in [5.41, 5.74) is 3.85. The Morgan fingerprint density at radius 1 is 0.889 bits per heavy atom. The average Bonchev–Trinajstić information content (AvgIpc) is 3.11. The highest BCUT2D eigenvalue weighted by Crippen LogP contribution is 2.26. The van der Waals surface area contributed by atoms with Crippen LogP contribution in [0.1, 0.15) is 34.7 Å². The van der Waals surface area contributed by atoms with Gasteiger partial charge in [0.15, 0.2) is 5.78 Å². The molecule has 0 saturated carbocycles. The van der Waals surface area contributed by atoms with Gasteiger partial charge in [0.2, 0.25) is 0 Å². The molecule has 1 heterocycles. The Bertz CT molecular complexity index is 1100. The lowest BCUT2D eigenvalue weighted by Gasteiger charge is -2.17. The van der Waals surface area contributed by atoms with Gasteiger partial charge in [0.1, 0.15) is 5.82 Å². The van der Waals surface area contributed by atoms with Gasteiger partial charge in [-0.1, -0.05) is 72.8 Å². The van der Waals surface area contributed by atoms with Gasteiger partial charge >= 0.3 is 0 Å². The van der Waals surface area contributed by atoms with Gasteiger partial charge in [0.05, 0.1) is 17.1 Å². The predicted molar refractivity (Wildman–Crippen MR) is 110 cm³/mol. The van der Waals surface area contributed by atoms with E-state index in [2.05, 4.69) is 29.7 Å². The molecule has 0 spiro atoms. The fraction of sp³-hybridized carbons (Fsp3) is 0.0833. The van der Waals surface area contributed by atoms with Crippen LogP contribution < -0.4 is 0 Å². The van der Waals surface area contributed by atoms with Crippen LogP contribution in [0.15, 0.2) is 91.0 Å². The Balaban J connectivity index is 1.76. The molecule has 3 heteroatoms. The zero-order chi connectivity index (χ0) is 18.6.